The van der Waals surface area contributed by atoms with Crippen molar-refractivity contribution in [3.63, 3.8) is 0 Å². The van der Waals surface area contributed by atoms with E-state index in [2.05, 4.69) is 21.2 Å². The smallest absolute Gasteiger partial charge is 0.407 e. The summed E-state index contributed by atoms with van der Waals surface area (Å²) in [6.07, 6.45) is 2.98. The second kappa shape index (κ2) is 6.70. The van der Waals surface area contributed by atoms with E-state index in [0.717, 1.165) is 5.56 Å². The van der Waals surface area contributed by atoms with Gasteiger partial charge in [0.2, 0.25) is 0 Å². The Morgan fingerprint density at radius 1 is 1.47 bits per heavy atom. The molecule has 0 saturated heterocycles. The standard InChI is InChI=1S/C14H17BrFNO2/c1-14(2,3)19-13(18)17-8-4-5-10-6-7-11(15)12(16)9-10/h4-7,9H,8H2,1-3H3,(H,17,18). The van der Waals surface area contributed by atoms with Gasteiger partial charge in [-0.25, -0.2) is 9.18 Å². The van der Waals surface area contributed by atoms with Crippen LogP contribution in [0.2, 0.25) is 0 Å². The van der Waals surface area contributed by atoms with Crippen LogP contribution in [0.4, 0.5) is 9.18 Å². The molecule has 1 aromatic carbocycles. The minimum atomic E-state index is -0.511. The minimum Gasteiger partial charge on any atom is -0.444 e. The lowest BCUT2D eigenvalue weighted by molar-refractivity contribution is 0.0534. The van der Waals surface area contributed by atoms with Crippen LogP contribution < -0.4 is 5.32 Å². The van der Waals surface area contributed by atoms with E-state index in [1.165, 1.54) is 6.07 Å². The molecule has 5 heteroatoms. The summed E-state index contributed by atoms with van der Waals surface area (Å²) < 4.78 is 18.7. The van der Waals surface area contributed by atoms with Crippen LogP contribution in [-0.4, -0.2) is 18.2 Å². The highest BCUT2D eigenvalue weighted by atomic mass is 79.9. The quantitative estimate of drug-likeness (QED) is 0.905. The van der Waals surface area contributed by atoms with Crippen molar-refractivity contribution in [3.05, 3.63) is 40.1 Å². The Kier molecular flexibility index (Phi) is 5.54. The Labute approximate surface area is 121 Å². The van der Waals surface area contributed by atoms with Gasteiger partial charge in [-0.05, 0) is 54.4 Å². The predicted molar refractivity (Wildman–Crippen MR) is 77.4 cm³/mol. The lowest BCUT2D eigenvalue weighted by Crippen LogP contribution is -2.32. The summed E-state index contributed by atoms with van der Waals surface area (Å²) in [4.78, 5) is 11.3. The summed E-state index contributed by atoms with van der Waals surface area (Å²) in [5, 5.41) is 2.58. The zero-order valence-corrected chi connectivity index (χ0v) is 12.8. The van der Waals surface area contributed by atoms with E-state index < -0.39 is 11.7 Å². The number of carbonyl (C=O) groups excluding carboxylic acids is 1. The van der Waals surface area contributed by atoms with Crippen LogP contribution in [0.15, 0.2) is 28.7 Å². The van der Waals surface area contributed by atoms with Crippen LogP contribution in [0.3, 0.4) is 0 Å². The van der Waals surface area contributed by atoms with E-state index in [-0.39, 0.29) is 5.82 Å². The van der Waals surface area contributed by atoms with Gasteiger partial charge in [0.1, 0.15) is 11.4 Å². The molecule has 0 aliphatic heterocycles. The van der Waals surface area contributed by atoms with Gasteiger partial charge in [0.05, 0.1) is 4.47 Å². The largest absolute Gasteiger partial charge is 0.444 e. The third-order valence-electron chi connectivity index (χ3n) is 2.02. The molecule has 1 N–H and O–H groups in total. The molecule has 3 nitrogen and oxygen atoms in total. The third kappa shape index (κ3) is 6.38. The Morgan fingerprint density at radius 2 is 2.16 bits per heavy atom. The molecule has 104 valence electrons. The van der Waals surface area contributed by atoms with Crippen molar-refractivity contribution in [1.29, 1.82) is 0 Å². The highest BCUT2D eigenvalue weighted by Gasteiger charge is 2.14. The molecule has 0 spiro atoms. The normalized spacial score (nSPS) is 11.6. The minimum absolute atomic E-state index is 0.317. The molecule has 0 heterocycles. The van der Waals surface area contributed by atoms with Gasteiger partial charge in [-0.1, -0.05) is 18.2 Å². The van der Waals surface area contributed by atoms with Crippen LogP contribution >= 0.6 is 15.9 Å². The molecule has 0 saturated carbocycles. The number of halogens is 2. The van der Waals surface area contributed by atoms with Gasteiger partial charge in [0, 0.05) is 6.54 Å². The summed E-state index contributed by atoms with van der Waals surface area (Å²) in [5.41, 5.74) is 0.217. The predicted octanol–water partition coefficient (Wildman–Crippen LogP) is 4.13. The molecule has 0 aliphatic rings. The maximum Gasteiger partial charge on any atom is 0.407 e. The molecule has 1 rings (SSSR count). The first-order valence-electron chi connectivity index (χ1n) is 5.86. The number of nitrogens with one attached hydrogen (secondary N) is 1. The highest BCUT2D eigenvalue weighted by molar-refractivity contribution is 9.10. The number of alkyl carbamates (subject to hydrolysis) is 1. The van der Waals surface area contributed by atoms with Crippen molar-refractivity contribution < 1.29 is 13.9 Å². The molecule has 1 aromatic rings. The molecule has 0 aliphatic carbocycles. The Morgan fingerprint density at radius 3 is 2.74 bits per heavy atom. The molecular formula is C14H17BrFNO2. The van der Waals surface area contributed by atoms with Gasteiger partial charge in [-0.3, -0.25) is 0 Å². The van der Waals surface area contributed by atoms with E-state index in [4.69, 9.17) is 4.74 Å². The number of amides is 1. The summed E-state index contributed by atoms with van der Waals surface area (Å²) in [6.45, 7) is 5.72. The first-order valence-corrected chi connectivity index (χ1v) is 6.66. The Balaban J connectivity index is 2.42. The zero-order valence-electron chi connectivity index (χ0n) is 11.2. The van der Waals surface area contributed by atoms with Crippen molar-refractivity contribution in [2.45, 2.75) is 26.4 Å². The van der Waals surface area contributed by atoms with Crippen molar-refractivity contribution in [2.24, 2.45) is 0 Å². The zero-order chi connectivity index (χ0) is 14.5. The summed E-state index contributed by atoms with van der Waals surface area (Å²) in [6, 6.07) is 4.82. The topological polar surface area (TPSA) is 38.3 Å². The van der Waals surface area contributed by atoms with Crippen molar-refractivity contribution in [1.82, 2.24) is 5.32 Å². The Hall–Kier alpha value is -1.36. The fraction of sp³-hybridized carbons (Fsp3) is 0.357. The van der Waals surface area contributed by atoms with Gasteiger partial charge < -0.3 is 10.1 Å². The molecule has 19 heavy (non-hydrogen) atoms. The second-order valence-corrected chi connectivity index (χ2v) is 5.81. The summed E-state index contributed by atoms with van der Waals surface area (Å²) in [5.74, 6) is -0.317. The SMILES string of the molecule is CC(C)(C)OC(=O)NCC=Cc1ccc(Br)c(F)c1. The average Bonchev–Trinajstić information content (AvgIpc) is 2.27. The van der Waals surface area contributed by atoms with E-state index >= 15 is 0 Å². The van der Waals surface area contributed by atoms with Gasteiger partial charge >= 0.3 is 6.09 Å². The maximum absolute atomic E-state index is 13.2. The highest BCUT2D eigenvalue weighted by Crippen LogP contribution is 2.16. The number of hydrogen-bond donors (Lipinski definition) is 1. The fourth-order valence-electron chi connectivity index (χ4n) is 1.27. The van der Waals surface area contributed by atoms with Crippen LogP contribution in [0.1, 0.15) is 26.3 Å². The van der Waals surface area contributed by atoms with Gasteiger partial charge in [-0.15, -0.1) is 0 Å². The summed E-state index contributed by atoms with van der Waals surface area (Å²) >= 11 is 3.09. The number of benzene rings is 1. The second-order valence-electron chi connectivity index (χ2n) is 4.96. The van der Waals surface area contributed by atoms with Crippen LogP contribution in [-0.2, 0) is 4.74 Å². The van der Waals surface area contributed by atoms with Crippen molar-refractivity contribution in [3.8, 4) is 0 Å². The van der Waals surface area contributed by atoms with Crippen LogP contribution in [0.5, 0.6) is 0 Å². The molecule has 0 aromatic heterocycles. The van der Waals surface area contributed by atoms with Crippen LogP contribution in [0, 0.1) is 5.82 Å². The lowest BCUT2D eigenvalue weighted by Gasteiger charge is -2.19. The molecule has 0 bridgehead atoms. The monoisotopic (exact) mass is 329 g/mol. The first-order chi connectivity index (χ1) is 8.78. The van der Waals surface area contributed by atoms with E-state index in [1.54, 1.807) is 45.1 Å². The molecule has 0 atom stereocenters. The van der Waals surface area contributed by atoms with E-state index in [1.807, 2.05) is 0 Å². The number of rotatable bonds is 3. The van der Waals surface area contributed by atoms with E-state index in [0.29, 0.717) is 11.0 Å². The number of carbonyl (C=O) groups is 1. The summed E-state index contributed by atoms with van der Waals surface area (Å²) in [7, 11) is 0. The van der Waals surface area contributed by atoms with E-state index in [9.17, 15) is 9.18 Å². The third-order valence-corrected chi connectivity index (χ3v) is 2.66. The molecular weight excluding hydrogens is 313 g/mol. The van der Waals surface area contributed by atoms with Gasteiger partial charge in [-0.2, -0.15) is 0 Å². The van der Waals surface area contributed by atoms with Crippen LogP contribution in [0.25, 0.3) is 6.08 Å². The molecule has 0 unspecified atom stereocenters. The molecule has 0 fully saturated rings. The van der Waals surface area contributed by atoms with Gasteiger partial charge in [0.25, 0.3) is 0 Å². The van der Waals surface area contributed by atoms with Crippen molar-refractivity contribution in [2.75, 3.05) is 6.54 Å². The number of ether oxygens (including phenoxy) is 1. The number of hydrogen-bond acceptors (Lipinski definition) is 2. The van der Waals surface area contributed by atoms with Crippen molar-refractivity contribution >= 4 is 28.1 Å². The maximum atomic E-state index is 13.2. The average molecular weight is 330 g/mol. The lowest BCUT2D eigenvalue weighted by atomic mass is 10.2. The first kappa shape index (κ1) is 15.7. The van der Waals surface area contributed by atoms with Gasteiger partial charge in [0.15, 0.2) is 0 Å². The molecule has 0 radical (unpaired) electrons. The fourth-order valence-corrected chi connectivity index (χ4v) is 1.51. The Bertz CT molecular complexity index is 481. The molecule has 1 amide bonds.